The van der Waals surface area contributed by atoms with Crippen LogP contribution in [0, 0.1) is 12.8 Å². The van der Waals surface area contributed by atoms with Gasteiger partial charge >= 0.3 is 0 Å². The zero-order valence-electron chi connectivity index (χ0n) is 12.0. The van der Waals surface area contributed by atoms with Crippen LogP contribution in [-0.2, 0) is 4.79 Å². The second-order valence-electron chi connectivity index (χ2n) is 5.44. The van der Waals surface area contributed by atoms with Crippen LogP contribution in [0.1, 0.15) is 18.7 Å². The minimum Gasteiger partial charge on any atom is -0.325 e. The smallest absolute Gasteiger partial charge is 0.238 e. The molecule has 0 radical (unpaired) electrons. The van der Waals surface area contributed by atoms with Crippen molar-refractivity contribution in [3.63, 3.8) is 0 Å². The summed E-state index contributed by atoms with van der Waals surface area (Å²) in [5, 5.41) is 13.0. The number of carbonyl (C=O) groups is 1. The van der Waals surface area contributed by atoms with Gasteiger partial charge < -0.3 is 10.6 Å². The number of benzene rings is 1. The number of aromatic amines is 1. The lowest BCUT2D eigenvalue weighted by Gasteiger charge is -2.06. The van der Waals surface area contributed by atoms with Crippen molar-refractivity contribution in [3.05, 3.63) is 30.1 Å². The molecule has 6 heteroatoms. The maximum Gasteiger partial charge on any atom is 0.238 e. The summed E-state index contributed by atoms with van der Waals surface area (Å²) in [5.74, 6) is 2.21. The molecule has 1 amide bonds. The van der Waals surface area contributed by atoms with E-state index in [2.05, 4.69) is 25.8 Å². The van der Waals surface area contributed by atoms with Crippen LogP contribution in [0.2, 0.25) is 0 Å². The van der Waals surface area contributed by atoms with Crippen LogP contribution in [0.25, 0.3) is 11.4 Å². The molecular formula is C15H19N5O. The molecule has 0 saturated heterocycles. The molecule has 110 valence electrons. The van der Waals surface area contributed by atoms with E-state index in [4.69, 9.17) is 0 Å². The third kappa shape index (κ3) is 3.88. The van der Waals surface area contributed by atoms with Crippen molar-refractivity contribution in [1.82, 2.24) is 20.5 Å². The molecule has 21 heavy (non-hydrogen) atoms. The highest BCUT2D eigenvalue weighted by Gasteiger charge is 2.20. The first kappa shape index (κ1) is 13.8. The van der Waals surface area contributed by atoms with E-state index >= 15 is 0 Å². The Bertz CT molecular complexity index is 615. The molecule has 1 aromatic carbocycles. The van der Waals surface area contributed by atoms with Gasteiger partial charge in [0, 0.05) is 11.3 Å². The van der Waals surface area contributed by atoms with E-state index in [1.54, 1.807) is 0 Å². The van der Waals surface area contributed by atoms with Gasteiger partial charge in [0.05, 0.1) is 6.54 Å². The highest BCUT2D eigenvalue weighted by atomic mass is 16.1. The summed E-state index contributed by atoms with van der Waals surface area (Å²) in [5.41, 5.74) is 1.70. The first-order chi connectivity index (χ1) is 10.2. The van der Waals surface area contributed by atoms with E-state index in [1.807, 2.05) is 31.2 Å². The molecule has 1 aliphatic rings. The number of aryl methyl sites for hydroxylation is 1. The van der Waals surface area contributed by atoms with Crippen molar-refractivity contribution in [2.45, 2.75) is 19.8 Å². The maximum absolute atomic E-state index is 11.8. The Morgan fingerprint density at radius 2 is 2.10 bits per heavy atom. The summed E-state index contributed by atoms with van der Waals surface area (Å²) in [4.78, 5) is 16.0. The molecule has 2 aromatic rings. The lowest BCUT2D eigenvalue weighted by molar-refractivity contribution is -0.115. The van der Waals surface area contributed by atoms with E-state index in [-0.39, 0.29) is 5.91 Å². The highest BCUT2D eigenvalue weighted by molar-refractivity contribution is 5.92. The Morgan fingerprint density at radius 3 is 2.71 bits per heavy atom. The van der Waals surface area contributed by atoms with Gasteiger partial charge in [0.25, 0.3) is 0 Å². The van der Waals surface area contributed by atoms with Gasteiger partial charge in [0.15, 0.2) is 5.82 Å². The normalized spacial score (nSPS) is 14.1. The molecule has 1 aromatic heterocycles. The Balaban J connectivity index is 1.52. The highest BCUT2D eigenvalue weighted by Crippen LogP contribution is 2.27. The standard InChI is InChI=1S/C15H19N5O/c1-10-17-15(20-19-10)12-4-6-13(7-5-12)18-14(21)9-16-8-11-2-3-11/h4-7,11,16H,2-3,8-9H2,1H3,(H,18,21)(H,17,19,20). The fraction of sp³-hybridized carbons (Fsp3) is 0.400. The van der Waals surface area contributed by atoms with Crippen LogP contribution in [0.3, 0.4) is 0 Å². The monoisotopic (exact) mass is 285 g/mol. The fourth-order valence-electron chi connectivity index (χ4n) is 2.09. The molecule has 1 fully saturated rings. The van der Waals surface area contributed by atoms with Crippen molar-refractivity contribution in [1.29, 1.82) is 0 Å². The van der Waals surface area contributed by atoms with E-state index in [0.717, 1.165) is 29.5 Å². The molecule has 0 atom stereocenters. The Hall–Kier alpha value is -2.21. The van der Waals surface area contributed by atoms with Crippen molar-refractivity contribution in [3.8, 4) is 11.4 Å². The van der Waals surface area contributed by atoms with Crippen LogP contribution in [-0.4, -0.2) is 34.2 Å². The molecule has 3 N–H and O–H groups in total. The minimum atomic E-state index is -0.0165. The predicted molar refractivity (Wildman–Crippen MR) is 80.8 cm³/mol. The summed E-state index contributed by atoms with van der Waals surface area (Å²) in [7, 11) is 0. The van der Waals surface area contributed by atoms with Crippen molar-refractivity contribution >= 4 is 11.6 Å². The quantitative estimate of drug-likeness (QED) is 0.754. The largest absolute Gasteiger partial charge is 0.325 e. The molecule has 0 aliphatic heterocycles. The topological polar surface area (TPSA) is 82.7 Å². The van der Waals surface area contributed by atoms with Crippen molar-refractivity contribution < 1.29 is 4.79 Å². The molecular weight excluding hydrogens is 266 g/mol. The molecule has 0 bridgehead atoms. The van der Waals surface area contributed by atoms with E-state index < -0.39 is 0 Å². The van der Waals surface area contributed by atoms with E-state index in [9.17, 15) is 4.79 Å². The van der Waals surface area contributed by atoms with Gasteiger partial charge in [-0.2, -0.15) is 5.10 Å². The average molecular weight is 285 g/mol. The number of carbonyl (C=O) groups excluding carboxylic acids is 1. The SMILES string of the molecule is Cc1nc(-c2ccc(NC(=O)CNCC3CC3)cc2)n[nH]1. The number of hydrogen-bond acceptors (Lipinski definition) is 4. The Labute approximate surface area is 123 Å². The van der Waals surface area contributed by atoms with Gasteiger partial charge in [-0.3, -0.25) is 9.89 Å². The third-order valence-electron chi connectivity index (χ3n) is 3.44. The second-order valence-corrected chi connectivity index (χ2v) is 5.44. The molecule has 1 saturated carbocycles. The molecule has 1 aliphatic carbocycles. The van der Waals surface area contributed by atoms with Crippen LogP contribution < -0.4 is 10.6 Å². The lowest BCUT2D eigenvalue weighted by Crippen LogP contribution is -2.29. The number of aromatic nitrogens is 3. The number of amides is 1. The minimum absolute atomic E-state index is 0.0165. The van der Waals surface area contributed by atoms with Crippen molar-refractivity contribution in [2.75, 3.05) is 18.4 Å². The summed E-state index contributed by atoms with van der Waals surface area (Å²) < 4.78 is 0. The third-order valence-corrected chi connectivity index (χ3v) is 3.44. The Morgan fingerprint density at radius 1 is 1.33 bits per heavy atom. The molecule has 0 spiro atoms. The van der Waals surface area contributed by atoms with Crippen molar-refractivity contribution in [2.24, 2.45) is 5.92 Å². The fourth-order valence-corrected chi connectivity index (χ4v) is 2.09. The van der Waals surface area contributed by atoms with Gasteiger partial charge in [-0.05, 0) is 56.5 Å². The summed E-state index contributed by atoms with van der Waals surface area (Å²) in [6.07, 6.45) is 2.58. The molecule has 0 unspecified atom stereocenters. The van der Waals surface area contributed by atoms with Gasteiger partial charge in [0.2, 0.25) is 5.91 Å². The second kappa shape index (κ2) is 6.05. The zero-order valence-corrected chi connectivity index (χ0v) is 12.0. The first-order valence-electron chi connectivity index (χ1n) is 7.21. The number of rotatable bonds is 6. The van der Waals surface area contributed by atoms with Gasteiger partial charge in [0.1, 0.15) is 5.82 Å². The van der Waals surface area contributed by atoms with Gasteiger partial charge in [-0.15, -0.1) is 0 Å². The van der Waals surface area contributed by atoms with Crippen LogP contribution >= 0.6 is 0 Å². The average Bonchev–Trinajstić information content (AvgIpc) is 3.19. The predicted octanol–water partition coefficient (Wildman–Crippen LogP) is 1.72. The van der Waals surface area contributed by atoms with Crippen LogP contribution in [0.15, 0.2) is 24.3 Å². The van der Waals surface area contributed by atoms with Gasteiger partial charge in [-0.25, -0.2) is 4.98 Å². The first-order valence-corrected chi connectivity index (χ1v) is 7.21. The summed E-state index contributed by atoms with van der Waals surface area (Å²) >= 11 is 0. The summed E-state index contributed by atoms with van der Waals surface area (Å²) in [6.45, 7) is 3.16. The number of H-pyrrole nitrogens is 1. The Kier molecular flexibility index (Phi) is 3.96. The van der Waals surface area contributed by atoms with E-state index in [0.29, 0.717) is 12.4 Å². The number of anilines is 1. The number of nitrogens with zero attached hydrogens (tertiary/aromatic N) is 2. The molecule has 3 rings (SSSR count). The van der Waals surface area contributed by atoms with Gasteiger partial charge in [-0.1, -0.05) is 0 Å². The maximum atomic E-state index is 11.8. The lowest BCUT2D eigenvalue weighted by atomic mass is 10.2. The number of hydrogen-bond donors (Lipinski definition) is 3. The van der Waals surface area contributed by atoms with E-state index in [1.165, 1.54) is 12.8 Å². The zero-order chi connectivity index (χ0) is 14.7. The van der Waals surface area contributed by atoms with Crippen LogP contribution in [0.5, 0.6) is 0 Å². The molecule has 1 heterocycles. The summed E-state index contributed by atoms with van der Waals surface area (Å²) in [6, 6.07) is 7.52. The number of nitrogens with one attached hydrogen (secondary N) is 3. The molecule has 6 nitrogen and oxygen atoms in total. The van der Waals surface area contributed by atoms with Crippen LogP contribution in [0.4, 0.5) is 5.69 Å².